The van der Waals surface area contributed by atoms with Crippen molar-refractivity contribution in [1.82, 2.24) is 24.8 Å². The zero-order chi connectivity index (χ0) is 19.1. The van der Waals surface area contributed by atoms with Crippen molar-refractivity contribution < 1.29 is 4.79 Å². The van der Waals surface area contributed by atoms with Crippen LogP contribution in [0.4, 0.5) is 0 Å². The van der Waals surface area contributed by atoms with E-state index in [-0.39, 0.29) is 17.9 Å². The fraction of sp³-hybridized carbons (Fsp3) is 0.611. The molecular weight excluding hydrogens is 366 g/mol. The minimum Gasteiger partial charge on any atom is -0.355 e. The lowest BCUT2D eigenvalue weighted by Gasteiger charge is -2.14. The van der Waals surface area contributed by atoms with Crippen molar-refractivity contribution in [3.8, 4) is 0 Å². The number of hydrogen-bond donors (Lipinski definition) is 2. The SMILES string of the molecule is CCCNC(=O)C(C)Sc1nc(C2CC2)nc2c1c(=O)[nH]c(=O)n2C1CC1. The number of carbonyl (C=O) groups is 1. The average Bonchev–Trinajstić information content (AvgIpc) is 3.52. The zero-order valence-electron chi connectivity index (χ0n) is 15.4. The van der Waals surface area contributed by atoms with Gasteiger partial charge in [-0.3, -0.25) is 19.1 Å². The van der Waals surface area contributed by atoms with Gasteiger partial charge in [0.05, 0.1) is 5.25 Å². The first-order valence-electron chi connectivity index (χ1n) is 9.50. The van der Waals surface area contributed by atoms with Crippen molar-refractivity contribution in [1.29, 1.82) is 0 Å². The van der Waals surface area contributed by atoms with E-state index < -0.39 is 16.5 Å². The Kier molecular flexibility index (Phi) is 4.79. The van der Waals surface area contributed by atoms with Gasteiger partial charge in [-0.1, -0.05) is 18.7 Å². The third-order valence-electron chi connectivity index (χ3n) is 4.83. The number of thioether (sulfide) groups is 1. The predicted octanol–water partition coefficient (Wildman–Crippen LogP) is 1.70. The van der Waals surface area contributed by atoms with E-state index >= 15 is 0 Å². The van der Waals surface area contributed by atoms with Gasteiger partial charge in [0.1, 0.15) is 16.2 Å². The highest BCUT2D eigenvalue weighted by molar-refractivity contribution is 8.00. The van der Waals surface area contributed by atoms with Crippen molar-refractivity contribution in [2.45, 2.75) is 68.2 Å². The van der Waals surface area contributed by atoms with Crippen LogP contribution in [-0.4, -0.2) is 37.2 Å². The Hall–Kier alpha value is -2.16. The summed E-state index contributed by atoms with van der Waals surface area (Å²) in [5, 5.41) is 3.26. The normalized spacial score (nSPS) is 17.9. The van der Waals surface area contributed by atoms with Crippen LogP contribution < -0.4 is 16.6 Å². The Balaban J connectivity index is 1.81. The monoisotopic (exact) mass is 389 g/mol. The largest absolute Gasteiger partial charge is 0.355 e. The molecule has 2 fully saturated rings. The quantitative estimate of drug-likeness (QED) is 0.551. The molecule has 0 bridgehead atoms. The van der Waals surface area contributed by atoms with Crippen LogP contribution in [0.3, 0.4) is 0 Å². The fourth-order valence-corrected chi connectivity index (χ4v) is 4.00. The highest BCUT2D eigenvalue weighted by atomic mass is 32.2. The molecule has 2 aromatic rings. The Morgan fingerprint density at radius 3 is 2.67 bits per heavy atom. The van der Waals surface area contributed by atoms with Crippen LogP contribution in [0.5, 0.6) is 0 Å². The highest BCUT2D eigenvalue weighted by Crippen LogP contribution is 2.41. The average molecular weight is 389 g/mol. The molecule has 27 heavy (non-hydrogen) atoms. The topological polar surface area (TPSA) is 110 Å². The van der Waals surface area contributed by atoms with Crippen LogP contribution in [0.2, 0.25) is 0 Å². The summed E-state index contributed by atoms with van der Waals surface area (Å²) in [6.45, 7) is 4.41. The molecule has 2 heterocycles. The van der Waals surface area contributed by atoms with Crippen LogP contribution in [0.1, 0.15) is 63.7 Å². The molecule has 0 radical (unpaired) electrons. The second-order valence-corrected chi connectivity index (χ2v) is 8.60. The number of aromatic nitrogens is 4. The summed E-state index contributed by atoms with van der Waals surface area (Å²) < 4.78 is 1.59. The summed E-state index contributed by atoms with van der Waals surface area (Å²) in [7, 11) is 0. The van der Waals surface area contributed by atoms with E-state index in [9.17, 15) is 14.4 Å². The number of amides is 1. The summed E-state index contributed by atoms with van der Waals surface area (Å²) in [6.07, 6.45) is 4.70. The number of carbonyl (C=O) groups excluding carboxylic acids is 1. The van der Waals surface area contributed by atoms with Gasteiger partial charge in [-0.25, -0.2) is 14.8 Å². The molecule has 4 rings (SSSR count). The zero-order valence-corrected chi connectivity index (χ0v) is 16.3. The van der Waals surface area contributed by atoms with Crippen LogP contribution in [0, 0.1) is 0 Å². The number of hydrogen-bond acceptors (Lipinski definition) is 6. The Bertz CT molecular complexity index is 1010. The maximum atomic E-state index is 12.6. The van der Waals surface area contributed by atoms with Gasteiger partial charge < -0.3 is 5.32 Å². The summed E-state index contributed by atoms with van der Waals surface area (Å²) in [5.41, 5.74) is -0.495. The Morgan fingerprint density at radius 2 is 2.04 bits per heavy atom. The molecule has 9 heteroatoms. The molecule has 1 amide bonds. The molecule has 144 valence electrons. The van der Waals surface area contributed by atoms with Gasteiger partial charge in [-0.15, -0.1) is 0 Å². The summed E-state index contributed by atoms with van der Waals surface area (Å²) >= 11 is 1.25. The van der Waals surface area contributed by atoms with Crippen molar-refractivity contribution >= 4 is 28.7 Å². The summed E-state index contributed by atoms with van der Waals surface area (Å²) in [6, 6.07) is 0.0851. The van der Waals surface area contributed by atoms with E-state index in [2.05, 4.69) is 20.3 Å². The second-order valence-electron chi connectivity index (χ2n) is 7.27. The number of rotatable bonds is 7. The molecule has 1 atom stereocenters. The van der Waals surface area contributed by atoms with E-state index in [1.54, 1.807) is 11.5 Å². The van der Waals surface area contributed by atoms with E-state index in [1.807, 2.05) is 6.92 Å². The van der Waals surface area contributed by atoms with E-state index in [0.29, 0.717) is 28.4 Å². The molecular formula is C18H23N5O3S. The highest BCUT2D eigenvalue weighted by Gasteiger charge is 2.32. The van der Waals surface area contributed by atoms with Crippen molar-refractivity contribution in [3.05, 3.63) is 26.7 Å². The van der Waals surface area contributed by atoms with Crippen molar-refractivity contribution in [2.75, 3.05) is 6.54 Å². The third kappa shape index (κ3) is 3.65. The summed E-state index contributed by atoms with van der Waals surface area (Å²) in [4.78, 5) is 48.8. The molecule has 2 aromatic heterocycles. The molecule has 2 saturated carbocycles. The van der Waals surface area contributed by atoms with E-state index in [0.717, 1.165) is 32.1 Å². The number of nitrogens with zero attached hydrogens (tertiary/aromatic N) is 3. The first-order valence-corrected chi connectivity index (χ1v) is 10.4. The maximum Gasteiger partial charge on any atom is 0.330 e. The van der Waals surface area contributed by atoms with Gasteiger partial charge in [0.2, 0.25) is 5.91 Å². The smallest absolute Gasteiger partial charge is 0.330 e. The molecule has 2 N–H and O–H groups in total. The van der Waals surface area contributed by atoms with Crippen molar-refractivity contribution in [3.63, 3.8) is 0 Å². The van der Waals surface area contributed by atoms with Crippen LogP contribution >= 0.6 is 11.8 Å². The number of nitrogens with one attached hydrogen (secondary N) is 2. The summed E-state index contributed by atoms with van der Waals surface area (Å²) in [5.74, 6) is 0.860. The Labute approximate surface area is 160 Å². The predicted molar refractivity (Wildman–Crippen MR) is 103 cm³/mol. The second kappa shape index (κ2) is 7.10. The van der Waals surface area contributed by atoms with Gasteiger partial charge >= 0.3 is 5.69 Å². The fourth-order valence-electron chi connectivity index (χ4n) is 3.03. The van der Waals surface area contributed by atoms with E-state index in [1.165, 1.54) is 11.8 Å². The Morgan fingerprint density at radius 1 is 1.30 bits per heavy atom. The standard InChI is InChI=1S/C18H23N5O3S/c1-3-8-19-15(24)9(2)27-17-12-14(20-13(21-17)10-4-5-10)23(11-6-7-11)18(26)22-16(12)25/h9-11H,3-8H2,1-2H3,(H,19,24)(H,22,25,26). The lowest BCUT2D eigenvalue weighted by Crippen LogP contribution is -2.33. The molecule has 1 unspecified atom stereocenters. The first-order chi connectivity index (χ1) is 13.0. The third-order valence-corrected chi connectivity index (χ3v) is 5.92. The minimum atomic E-state index is -0.488. The molecule has 8 nitrogen and oxygen atoms in total. The number of H-pyrrole nitrogens is 1. The van der Waals surface area contributed by atoms with Crippen molar-refractivity contribution in [2.24, 2.45) is 0 Å². The first kappa shape index (κ1) is 18.2. The molecule has 0 spiro atoms. The van der Waals surface area contributed by atoms with E-state index in [4.69, 9.17) is 0 Å². The van der Waals surface area contributed by atoms with Crippen LogP contribution in [0.15, 0.2) is 14.6 Å². The molecule has 0 saturated heterocycles. The van der Waals surface area contributed by atoms with Gasteiger partial charge in [-0.05, 0) is 39.0 Å². The van der Waals surface area contributed by atoms with Gasteiger partial charge in [-0.2, -0.15) is 0 Å². The van der Waals surface area contributed by atoms with Gasteiger partial charge in [0, 0.05) is 18.5 Å². The lowest BCUT2D eigenvalue weighted by atomic mass is 10.3. The molecule has 2 aliphatic rings. The molecule has 0 aliphatic heterocycles. The van der Waals surface area contributed by atoms with Crippen LogP contribution in [0.25, 0.3) is 11.0 Å². The molecule has 2 aliphatic carbocycles. The lowest BCUT2D eigenvalue weighted by molar-refractivity contribution is -0.120. The van der Waals surface area contributed by atoms with Gasteiger partial charge in [0.15, 0.2) is 5.65 Å². The number of fused-ring (bicyclic) bond motifs is 1. The molecule has 0 aromatic carbocycles. The van der Waals surface area contributed by atoms with Gasteiger partial charge in [0.25, 0.3) is 5.56 Å². The van der Waals surface area contributed by atoms with Crippen LogP contribution in [-0.2, 0) is 4.79 Å². The maximum absolute atomic E-state index is 12.6. The minimum absolute atomic E-state index is 0.0851. The number of aromatic amines is 1.